The molecule has 0 bridgehead atoms. The number of anilines is 1. The zero-order valence-corrected chi connectivity index (χ0v) is 15.0. The summed E-state index contributed by atoms with van der Waals surface area (Å²) in [5.74, 6) is 5.92. The van der Waals surface area contributed by atoms with Crippen LogP contribution in [0.1, 0.15) is 12.5 Å². The van der Waals surface area contributed by atoms with Crippen LogP contribution in [0.4, 0.5) is 10.1 Å². The topological polar surface area (TPSA) is 85.8 Å². The van der Waals surface area contributed by atoms with E-state index in [4.69, 9.17) is 5.84 Å². The number of nitrogen functional groups attached to an aromatic ring is 1. The fourth-order valence-electron chi connectivity index (χ4n) is 2.47. The number of nitrogens with zero attached hydrogens (tertiary/aromatic N) is 3. The average Bonchev–Trinajstić information content (AvgIpc) is 3.01. The third-order valence-electron chi connectivity index (χ3n) is 3.75. The summed E-state index contributed by atoms with van der Waals surface area (Å²) in [6.45, 7) is 2.03. The van der Waals surface area contributed by atoms with Crippen LogP contribution >= 0.6 is 11.8 Å². The molecule has 0 unspecified atom stereocenters. The molecular formula is C18H18FN5OS. The van der Waals surface area contributed by atoms with Crippen LogP contribution in [0.2, 0.25) is 0 Å². The minimum absolute atomic E-state index is 0.135. The van der Waals surface area contributed by atoms with E-state index in [0.29, 0.717) is 16.5 Å². The van der Waals surface area contributed by atoms with E-state index in [1.807, 2.05) is 31.2 Å². The van der Waals surface area contributed by atoms with E-state index in [2.05, 4.69) is 15.5 Å². The van der Waals surface area contributed by atoms with Gasteiger partial charge < -0.3 is 11.2 Å². The Bertz CT molecular complexity index is 927. The number of aryl methyl sites for hydroxylation is 1. The minimum Gasteiger partial charge on any atom is -0.335 e. The molecule has 1 aromatic heterocycles. The molecule has 0 saturated carbocycles. The van der Waals surface area contributed by atoms with Gasteiger partial charge >= 0.3 is 0 Å². The monoisotopic (exact) mass is 371 g/mol. The van der Waals surface area contributed by atoms with Crippen LogP contribution in [0, 0.1) is 5.82 Å². The van der Waals surface area contributed by atoms with Crippen molar-refractivity contribution < 1.29 is 9.18 Å². The number of benzene rings is 2. The summed E-state index contributed by atoms with van der Waals surface area (Å²) in [6.07, 6.45) is 0.831. The fourth-order valence-corrected chi connectivity index (χ4v) is 3.12. The highest BCUT2D eigenvalue weighted by Gasteiger charge is 2.14. The third kappa shape index (κ3) is 4.02. The molecule has 0 aliphatic rings. The second-order valence-corrected chi connectivity index (χ2v) is 6.48. The number of para-hydroxylation sites is 1. The van der Waals surface area contributed by atoms with Gasteiger partial charge in [0, 0.05) is 11.3 Å². The van der Waals surface area contributed by atoms with Gasteiger partial charge in [-0.3, -0.25) is 4.79 Å². The lowest BCUT2D eigenvalue weighted by atomic mass is 10.1. The molecule has 3 aromatic rings. The molecule has 134 valence electrons. The maximum atomic E-state index is 13.4. The number of thioether (sulfide) groups is 1. The number of amides is 1. The van der Waals surface area contributed by atoms with E-state index in [0.717, 1.165) is 17.7 Å². The number of hydrogen-bond donors (Lipinski definition) is 2. The van der Waals surface area contributed by atoms with E-state index < -0.39 is 0 Å². The van der Waals surface area contributed by atoms with Gasteiger partial charge in [-0.15, -0.1) is 10.2 Å². The molecule has 0 spiro atoms. The minimum atomic E-state index is -0.381. The van der Waals surface area contributed by atoms with Crippen LogP contribution in [0.5, 0.6) is 0 Å². The first kappa shape index (κ1) is 17.9. The standard InChI is InChI=1S/C18H18FN5OS/c1-2-12-6-3-4-9-15(12)21-16(25)11-26-18-23-22-17(24(18)20)13-7-5-8-14(19)10-13/h3-10H,2,11,20H2,1H3,(H,21,25). The van der Waals surface area contributed by atoms with Crippen molar-refractivity contribution in [2.45, 2.75) is 18.5 Å². The average molecular weight is 371 g/mol. The maximum absolute atomic E-state index is 13.4. The molecule has 0 fully saturated rings. The molecule has 0 aliphatic heterocycles. The van der Waals surface area contributed by atoms with Gasteiger partial charge in [0.15, 0.2) is 5.82 Å². The summed E-state index contributed by atoms with van der Waals surface area (Å²) in [7, 11) is 0. The second-order valence-electron chi connectivity index (χ2n) is 5.53. The van der Waals surface area contributed by atoms with Gasteiger partial charge in [0.2, 0.25) is 11.1 Å². The summed E-state index contributed by atoms with van der Waals surface area (Å²) < 4.78 is 14.6. The number of halogens is 1. The van der Waals surface area contributed by atoms with Crippen molar-refractivity contribution in [2.75, 3.05) is 16.9 Å². The first-order valence-electron chi connectivity index (χ1n) is 8.05. The Balaban J connectivity index is 1.66. The van der Waals surface area contributed by atoms with Crippen molar-refractivity contribution in [3.63, 3.8) is 0 Å². The number of nitrogens with two attached hydrogens (primary N) is 1. The summed E-state index contributed by atoms with van der Waals surface area (Å²) in [6, 6.07) is 13.6. The number of hydrogen-bond acceptors (Lipinski definition) is 5. The van der Waals surface area contributed by atoms with E-state index in [9.17, 15) is 9.18 Å². The number of nitrogens with one attached hydrogen (secondary N) is 1. The summed E-state index contributed by atoms with van der Waals surface area (Å²) in [5.41, 5.74) is 2.39. The van der Waals surface area contributed by atoms with E-state index in [1.54, 1.807) is 12.1 Å². The zero-order chi connectivity index (χ0) is 18.5. The van der Waals surface area contributed by atoms with E-state index in [-0.39, 0.29) is 17.5 Å². The maximum Gasteiger partial charge on any atom is 0.234 e. The molecular weight excluding hydrogens is 353 g/mol. The fraction of sp³-hybridized carbons (Fsp3) is 0.167. The Kier molecular flexibility index (Phi) is 5.52. The van der Waals surface area contributed by atoms with Gasteiger partial charge in [-0.05, 0) is 30.2 Å². The molecule has 1 heterocycles. The third-order valence-corrected chi connectivity index (χ3v) is 4.70. The molecule has 8 heteroatoms. The molecule has 1 amide bonds. The zero-order valence-electron chi connectivity index (χ0n) is 14.1. The van der Waals surface area contributed by atoms with Crippen LogP contribution in [0.25, 0.3) is 11.4 Å². The molecule has 2 aromatic carbocycles. The number of carbonyl (C=O) groups excluding carboxylic acids is 1. The van der Waals surface area contributed by atoms with Crippen molar-refractivity contribution in [3.8, 4) is 11.4 Å². The molecule has 0 aliphatic carbocycles. The predicted octanol–water partition coefficient (Wildman–Crippen LogP) is 3.09. The second kappa shape index (κ2) is 8.01. The van der Waals surface area contributed by atoms with Crippen molar-refractivity contribution in [1.82, 2.24) is 14.9 Å². The Labute approximate surface area is 154 Å². The van der Waals surface area contributed by atoms with E-state index in [1.165, 1.54) is 28.6 Å². The van der Waals surface area contributed by atoms with Gasteiger partial charge in [0.25, 0.3) is 0 Å². The van der Waals surface area contributed by atoms with E-state index >= 15 is 0 Å². The molecule has 6 nitrogen and oxygen atoms in total. The molecule has 0 radical (unpaired) electrons. The van der Waals surface area contributed by atoms with Crippen molar-refractivity contribution in [1.29, 1.82) is 0 Å². The van der Waals surface area contributed by atoms with Gasteiger partial charge in [0.1, 0.15) is 5.82 Å². The van der Waals surface area contributed by atoms with Crippen LogP contribution in [-0.4, -0.2) is 26.5 Å². The smallest absolute Gasteiger partial charge is 0.234 e. The number of carbonyl (C=O) groups is 1. The Morgan fingerprint density at radius 1 is 1.23 bits per heavy atom. The van der Waals surface area contributed by atoms with Crippen LogP contribution < -0.4 is 11.2 Å². The largest absolute Gasteiger partial charge is 0.335 e. The summed E-state index contributed by atoms with van der Waals surface area (Å²) in [5, 5.41) is 11.2. The normalized spacial score (nSPS) is 10.7. The van der Waals surface area contributed by atoms with Gasteiger partial charge in [-0.25, -0.2) is 9.07 Å². The summed E-state index contributed by atoms with van der Waals surface area (Å²) in [4.78, 5) is 12.2. The van der Waals surface area contributed by atoms with Crippen LogP contribution in [0.3, 0.4) is 0 Å². The molecule has 3 rings (SSSR count). The summed E-state index contributed by atoms with van der Waals surface area (Å²) >= 11 is 1.17. The molecule has 0 atom stereocenters. The van der Waals surface area contributed by atoms with Gasteiger partial charge in [-0.1, -0.05) is 49.0 Å². The molecule has 0 saturated heterocycles. The Morgan fingerprint density at radius 2 is 2.04 bits per heavy atom. The highest BCUT2D eigenvalue weighted by molar-refractivity contribution is 7.99. The first-order valence-corrected chi connectivity index (χ1v) is 9.04. The quantitative estimate of drug-likeness (QED) is 0.514. The Morgan fingerprint density at radius 3 is 2.81 bits per heavy atom. The van der Waals surface area contributed by atoms with Crippen LogP contribution in [0.15, 0.2) is 53.7 Å². The molecule has 3 N–H and O–H groups in total. The van der Waals surface area contributed by atoms with Gasteiger partial charge in [0.05, 0.1) is 5.75 Å². The molecule has 26 heavy (non-hydrogen) atoms. The highest BCUT2D eigenvalue weighted by atomic mass is 32.2. The first-order chi connectivity index (χ1) is 12.6. The van der Waals surface area contributed by atoms with Gasteiger partial charge in [-0.2, -0.15) is 0 Å². The number of rotatable bonds is 6. The Hall–Kier alpha value is -2.87. The van der Waals surface area contributed by atoms with Crippen molar-refractivity contribution >= 4 is 23.4 Å². The predicted molar refractivity (Wildman–Crippen MR) is 101 cm³/mol. The SMILES string of the molecule is CCc1ccccc1NC(=O)CSc1nnc(-c2cccc(F)c2)n1N. The lowest BCUT2D eigenvalue weighted by molar-refractivity contribution is -0.113. The van der Waals surface area contributed by atoms with Crippen LogP contribution in [-0.2, 0) is 11.2 Å². The van der Waals surface area contributed by atoms with Crippen molar-refractivity contribution in [2.24, 2.45) is 0 Å². The lowest BCUT2D eigenvalue weighted by Crippen LogP contribution is -2.17. The lowest BCUT2D eigenvalue weighted by Gasteiger charge is -2.09. The number of aromatic nitrogens is 3. The highest BCUT2D eigenvalue weighted by Crippen LogP contribution is 2.22. The van der Waals surface area contributed by atoms with Crippen molar-refractivity contribution in [3.05, 3.63) is 59.9 Å².